The number of aromatic amines is 1. The van der Waals surface area contributed by atoms with Gasteiger partial charge in [0.15, 0.2) is 6.29 Å². The zero-order valence-corrected chi connectivity index (χ0v) is 12.1. The number of H-pyrrole nitrogens is 1. The molecular weight excluding hydrogens is 258 g/mol. The Hall–Kier alpha value is -2.09. The molecule has 1 aromatic heterocycles. The first kappa shape index (κ1) is 12.6. The summed E-state index contributed by atoms with van der Waals surface area (Å²) in [6, 6.07) is 12.6. The molecular formula is C19H19NO. The third kappa shape index (κ3) is 1.98. The minimum atomic E-state index is 0.519. The van der Waals surface area contributed by atoms with E-state index in [0.717, 1.165) is 28.4 Å². The number of hydrogen-bond acceptors (Lipinski definition) is 1. The number of hydrogen-bond donors (Lipinski definition) is 1. The van der Waals surface area contributed by atoms with Crippen LogP contribution in [0.3, 0.4) is 0 Å². The Morgan fingerprint density at radius 2 is 1.76 bits per heavy atom. The SMILES string of the molecule is O=Cc1c(C2CCCCC2)[nH]c2c1ccc1ccccc12. The van der Waals surface area contributed by atoms with Crippen LogP contribution in [0.4, 0.5) is 0 Å². The molecule has 1 aliphatic carbocycles. The van der Waals surface area contributed by atoms with E-state index in [1.54, 1.807) is 0 Å². The third-order valence-electron chi connectivity index (χ3n) is 4.90. The number of aldehydes is 1. The molecule has 0 saturated heterocycles. The highest BCUT2D eigenvalue weighted by atomic mass is 16.1. The molecule has 4 rings (SSSR count). The van der Waals surface area contributed by atoms with Gasteiger partial charge in [-0.3, -0.25) is 4.79 Å². The van der Waals surface area contributed by atoms with Crippen molar-refractivity contribution in [3.63, 3.8) is 0 Å². The van der Waals surface area contributed by atoms with Crippen molar-refractivity contribution in [1.29, 1.82) is 0 Å². The van der Waals surface area contributed by atoms with Crippen LogP contribution in [0.25, 0.3) is 21.7 Å². The van der Waals surface area contributed by atoms with E-state index in [1.165, 1.54) is 42.9 Å². The summed E-state index contributed by atoms with van der Waals surface area (Å²) in [6.07, 6.45) is 7.32. The van der Waals surface area contributed by atoms with Crippen LogP contribution in [-0.2, 0) is 0 Å². The Kier molecular flexibility index (Phi) is 3.03. The fraction of sp³-hybridized carbons (Fsp3) is 0.316. The normalized spacial score (nSPS) is 16.6. The maximum atomic E-state index is 11.7. The van der Waals surface area contributed by atoms with Crippen LogP contribution >= 0.6 is 0 Å². The van der Waals surface area contributed by atoms with E-state index in [0.29, 0.717) is 5.92 Å². The Balaban J connectivity index is 1.98. The first-order valence-electron chi connectivity index (χ1n) is 7.87. The van der Waals surface area contributed by atoms with Gasteiger partial charge in [0.1, 0.15) is 0 Å². The summed E-state index contributed by atoms with van der Waals surface area (Å²) in [5, 5.41) is 3.50. The lowest BCUT2D eigenvalue weighted by molar-refractivity contribution is 0.112. The first-order valence-corrected chi connectivity index (χ1v) is 7.87. The minimum Gasteiger partial charge on any atom is -0.357 e. The van der Waals surface area contributed by atoms with Crippen molar-refractivity contribution in [1.82, 2.24) is 4.98 Å². The van der Waals surface area contributed by atoms with Crippen molar-refractivity contribution in [3.05, 3.63) is 47.7 Å². The molecule has 1 saturated carbocycles. The number of fused-ring (bicyclic) bond motifs is 3. The second kappa shape index (κ2) is 5.03. The van der Waals surface area contributed by atoms with Crippen LogP contribution in [0, 0.1) is 0 Å². The molecule has 0 atom stereocenters. The summed E-state index contributed by atoms with van der Waals surface area (Å²) in [5.74, 6) is 0.519. The van der Waals surface area contributed by atoms with Gasteiger partial charge in [-0.1, -0.05) is 55.7 Å². The molecule has 1 fully saturated rings. The van der Waals surface area contributed by atoms with E-state index in [9.17, 15) is 4.79 Å². The van der Waals surface area contributed by atoms with Gasteiger partial charge in [0.25, 0.3) is 0 Å². The average Bonchev–Trinajstić information content (AvgIpc) is 2.94. The summed E-state index contributed by atoms with van der Waals surface area (Å²) >= 11 is 0. The van der Waals surface area contributed by atoms with Crippen LogP contribution in [0.1, 0.15) is 54.1 Å². The summed E-state index contributed by atoms with van der Waals surface area (Å²) in [5.41, 5.74) is 3.16. The molecule has 0 aliphatic heterocycles. The van der Waals surface area contributed by atoms with Crippen LogP contribution in [0.15, 0.2) is 36.4 Å². The number of aromatic nitrogens is 1. The zero-order chi connectivity index (χ0) is 14.2. The van der Waals surface area contributed by atoms with Gasteiger partial charge in [-0.25, -0.2) is 0 Å². The molecule has 106 valence electrons. The van der Waals surface area contributed by atoms with Crippen LogP contribution in [-0.4, -0.2) is 11.3 Å². The summed E-state index contributed by atoms with van der Waals surface area (Å²) in [6.45, 7) is 0. The van der Waals surface area contributed by atoms with E-state index >= 15 is 0 Å². The van der Waals surface area contributed by atoms with Crippen LogP contribution in [0.5, 0.6) is 0 Å². The smallest absolute Gasteiger partial charge is 0.152 e. The lowest BCUT2D eigenvalue weighted by atomic mass is 9.85. The lowest BCUT2D eigenvalue weighted by Crippen LogP contribution is -2.06. The van der Waals surface area contributed by atoms with Crippen molar-refractivity contribution in [2.45, 2.75) is 38.0 Å². The van der Waals surface area contributed by atoms with Gasteiger partial charge in [0.2, 0.25) is 0 Å². The predicted octanol–water partition coefficient (Wildman–Crippen LogP) is 5.18. The number of rotatable bonds is 2. The number of nitrogens with one attached hydrogen (secondary N) is 1. The molecule has 0 unspecified atom stereocenters. The molecule has 1 heterocycles. The Morgan fingerprint density at radius 1 is 0.952 bits per heavy atom. The maximum absolute atomic E-state index is 11.7. The van der Waals surface area contributed by atoms with Gasteiger partial charge in [-0.2, -0.15) is 0 Å². The quantitative estimate of drug-likeness (QED) is 0.643. The first-order chi connectivity index (χ1) is 10.4. The van der Waals surface area contributed by atoms with Crippen molar-refractivity contribution in [2.75, 3.05) is 0 Å². The van der Waals surface area contributed by atoms with Gasteiger partial charge >= 0.3 is 0 Å². The monoisotopic (exact) mass is 277 g/mol. The minimum absolute atomic E-state index is 0.519. The fourth-order valence-electron chi connectivity index (χ4n) is 3.82. The Bertz CT molecular complexity index is 809. The predicted molar refractivity (Wildman–Crippen MR) is 87.0 cm³/mol. The molecule has 1 N–H and O–H groups in total. The number of carbonyl (C=O) groups is 1. The Labute approximate surface area is 124 Å². The summed E-state index contributed by atoms with van der Waals surface area (Å²) in [7, 11) is 0. The van der Waals surface area contributed by atoms with Crippen molar-refractivity contribution >= 4 is 28.0 Å². The van der Waals surface area contributed by atoms with Gasteiger partial charge in [0.05, 0.1) is 5.52 Å². The third-order valence-corrected chi connectivity index (χ3v) is 4.90. The van der Waals surface area contributed by atoms with Crippen molar-refractivity contribution < 1.29 is 4.79 Å². The van der Waals surface area contributed by atoms with E-state index in [2.05, 4.69) is 41.4 Å². The number of benzene rings is 2. The lowest BCUT2D eigenvalue weighted by Gasteiger charge is -2.21. The van der Waals surface area contributed by atoms with Crippen LogP contribution in [0.2, 0.25) is 0 Å². The molecule has 1 aliphatic rings. The summed E-state index contributed by atoms with van der Waals surface area (Å²) < 4.78 is 0. The Morgan fingerprint density at radius 3 is 2.57 bits per heavy atom. The summed E-state index contributed by atoms with van der Waals surface area (Å²) in [4.78, 5) is 15.3. The van der Waals surface area contributed by atoms with E-state index in [4.69, 9.17) is 0 Å². The topological polar surface area (TPSA) is 32.9 Å². The molecule has 2 aromatic carbocycles. The highest BCUT2D eigenvalue weighted by Gasteiger charge is 2.22. The van der Waals surface area contributed by atoms with Crippen LogP contribution < -0.4 is 0 Å². The maximum Gasteiger partial charge on any atom is 0.152 e. The fourth-order valence-corrected chi connectivity index (χ4v) is 3.82. The highest BCUT2D eigenvalue weighted by molar-refractivity contribution is 6.11. The van der Waals surface area contributed by atoms with Gasteiger partial charge < -0.3 is 4.98 Å². The van der Waals surface area contributed by atoms with Gasteiger partial charge in [0, 0.05) is 22.0 Å². The second-order valence-electron chi connectivity index (χ2n) is 6.11. The van der Waals surface area contributed by atoms with E-state index in [-0.39, 0.29) is 0 Å². The molecule has 0 amide bonds. The molecule has 2 nitrogen and oxygen atoms in total. The van der Waals surface area contributed by atoms with E-state index in [1.807, 2.05) is 0 Å². The zero-order valence-electron chi connectivity index (χ0n) is 12.1. The molecule has 0 radical (unpaired) electrons. The molecule has 2 heteroatoms. The van der Waals surface area contributed by atoms with Crippen molar-refractivity contribution in [3.8, 4) is 0 Å². The molecule has 0 bridgehead atoms. The molecule has 3 aromatic rings. The number of carbonyl (C=O) groups excluding carboxylic acids is 1. The molecule has 0 spiro atoms. The molecule has 21 heavy (non-hydrogen) atoms. The van der Waals surface area contributed by atoms with Gasteiger partial charge in [-0.15, -0.1) is 0 Å². The average molecular weight is 277 g/mol. The largest absolute Gasteiger partial charge is 0.357 e. The highest BCUT2D eigenvalue weighted by Crippen LogP contribution is 2.37. The van der Waals surface area contributed by atoms with E-state index < -0.39 is 0 Å². The van der Waals surface area contributed by atoms with Crippen molar-refractivity contribution in [2.24, 2.45) is 0 Å². The van der Waals surface area contributed by atoms with Gasteiger partial charge in [-0.05, 0) is 24.1 Å². The second-order valence-corrected chi connectivity index (χ2v) is 6.11. The standard InChI is InChI=1S/C19H19NO/c21-12-17-16-11-10-13-6-4-5-9-15(13)19(16)20-18(17)14-7-2-1-3-8-14/h4-6,9-12,14,20H,1-3,7-8H2.